The number of hydrogen-bond donors (Lipinski definition) is 0. The van der Waals surface area contributed by atoms with Gasteiger partial charge in [0.05, 0.1) is 48.0 Å². The van der Waals surface area contributed by atoms with Gasteiger partial charge in [-0.1, -0.05) is 25.2 Å². The molecule has 0 saturated carbocycles. The minimum absolute atomic E-state index is 0.295. The van der Waals surface area contributed by atoms with E-state index < -0.39 is 21.9 Å². The van der Waals surface area contributed by atoms with Crippen LogP contribution in [0.3, 0.4) is 0 Å². The van der Waals surface area contributed by atoms with Crippen LogP contribution in [0.5, 0.6) is 5.75 Å². The fraction of sp³-hybridized carbons (Fsp3) is 0.540. The number of aromatic nitrogens is 3. The lowest BCUT2D eigenvalue weighted by Gasteiger charge is -2.26. The molecule has 13 nitrogen and oxygen atoms in total. The third kappa shape index (κ3) is 15.7. The number of unbranched alkanes of at least 4 members (excludes halogenated alkanes) is 1. The van der Waals surface area contributed by atoms with Crippen LogP contribution in [0.4, 0.5) is 5.69 Å². The number of hydrogen-bond acceptors (Lipinski definition) is 13. The van der Waals surface area contributed by atoms with Crippen LogP contribution >= 0.6 is 21.9 Å². The number of ether oxygens (including phenoxy) is 1. The van der Waals surface area contributed by atoms with Crippen molar-refractivity contribution in [2.24, 2.45) is 0 Å². The lowest BCUT2D eigenvalue weighted by atomic mass is 10.1. The molecule has 2 unspecified atom stereocenters. The maximum atomic E-state index is 14.0. The van der Waals surface area contributed by atoms with Crippen LogP contribution in [0.2, 0.25) is 0 Å². The van der Waals surface area contributed by atoms with E-state index in [4.69, 9.17) is 28.7 Å². The lowest BCUT2D eigenvalue weighted by Crippen LogP contribution is -2.36. The predicted molar refractivity (Wildman–Crippen MR) is 273 cm³/mol. The third-order valence-electron chi connectivity index (χ3n) is 11.5. The average molecular weight is 962 g/mol. The highest BCUT2D eigenvalue weighted by molar-refractivity contribution is 7.69. The Labute approximate surface area is 395 Å². The Kier molecular flexibility index (Phi) is 19.8. The van der Waals surface area contributed by atoms with Gasteiger partial charge < -0.3 is 23.2 Å². The van der Waals surface area contributed by atoms with Crippen molar-refractivity contribution in [1.82, 2.24) is 29.7 Å². The summed E-state index contributed by atoms with van der Waals surface area (Å²) in [6, 6.07) is 17.9. The molecule has 1 fully saturated rings. The van der Waals surface area contributed by atoms with E-state index in [0.717, 1.165) is 110 Å². The highest BCUT2D eigenvalue weighted by Gasteiger charge is 2.26. The molecule has 4 aromatic rings. The molecule has 0 aliphatic carbocycles. The van der Waals surface area contributed by atoms with Crippen LogP contribution in [-0.2, 0) is 42.4 Å². The lowest BCUT2D eigenvalue weighted by molar-refractivity contribution is 0.207. The minimum atomic E-state index is -3.26. The minimum Gasteiger partial charge on any atom is -0.491 e. The van der Waals surface area contributed by atoms with Gasteiger partial charge in [0.15, 0.2) is 0 Å². The summed E-state index contributed by atoms with van der Waals surface area (Å²) < 4.78 is 58.4. The van der Waals surface area contributed by atoms with Crippen molar-refractivity contribution < 1.29 is 27.5 Å². The average Bonchev–Trinajstić information content (AvgIpc) is 3.34. The zero-order chi connectivity index (χ0) is 48.1. The molecular formula is C50H74N7O6P3. The van der Waals surface area contributed by atoms with Gasteiger partial charge in [-0.3, -0.25) is 23.8 Å². The molecule has 0 radical (unpaired) electrons. The van der Waals surface area contributed by atoms with Gasteiger partial charge >= 0.3 is 0 Å². The van der Waals surface area contributed by atoms with E-state index in [9.17, 15) is 13.7 Å². The van der Waals surface area contributed by atoms with E-state index in [-0.39, 0.29) is 0 Å². The van der Waals surface area contributed by atoms with Gasteiger partial charge in [0.1, 0.15) is 23.8 Å². The molecule has 16 heteroatoms. The molecule has 4 heterocycles. The van der Waals surface area contributed by atoms with Crippen molar-refractivity contribution in [2.75, 3.05) is 104 Å². The molecular weight excluding hydrogens is 888 g/mol. The Bertz CT molecular complexity index is 2460. The van der Waals surface area contributed by atoms with Crippen molar-refractivity contribution in [3.8, 4) is 17.6 Å². The summed E-state index contributed by atoms with van der Waals surface area (Å²) in [6.45, 7) is 30.1. The smallest absolute Gasteiger partial charge is 0.247 e. The van der Waals surface area contributed by atoms with Gasteiger partial charge in [-0.05, 0) is 127 Å². The number of anilines is 1. The second-order valence-electron chi connectivity index (χ2n) is 17.7. The molecule has 5 rings (SSSR count). The predicted octanol–water partition coefficient (Wildman–Crippen LogP) is 8.12. The topological polar surface area (TPSA) is 131 Å². The summed E-state index contributed by atoms with van der Waals surface area (Å²) in [5.41, 5.74) is 8.63. The first-order chi connectivity index (χ1) is 31.4. The Morgan fingerprint density at radius 3 is 1.52 bits per heavy atom. The number of aryl methyl sites for hydroxylation is 2. The highest BCUT2D eigenvalue weighted by Crippen LogP contribution is 2.41. The quantitative estimate of drug-likeness (QED) is 0.0481. The van der Waals surface area contributed by atoms with Gasteiger partial charge in [-0.2, -0.15) is 0 Å². The maximum Gasteiger partial charge on any atom is 0.247 e. The monoisotopic (exact) mass is 961 g/mol. The molecule has 2 atom stereocenters. The van der Waals surface area contributed by atoms with Gasteiger partial charge in [0.25, 0.3) is 0 Å². The highest BCUT2D eigenvalue weighted by atomic mass is 31.2. The zero-order valence-corrected chi connectivity index (χ0v) is 44.1. The Balaban J connectivity index is 1.49. The standard InChI is InChI=1S/C50H74N7O6P3/c1-12-17-28-61-47-21-20-41(34-46(47)57(13-2)14-3)18-19-42-33-45(53-50(35-42)66(11,60)63-16-5)38-56-26-24-54(36-43-29-39(6)31-48(51-43)64(8,9)58)22-23-55(25-27-56)37-44-30-40(7)32-49(52-44)65(10,59)62-15-4/h20-21,29-35H,12-17,22-28,36-38H2,1-11H3. The SMILES string of the molecule is CCCCOc1ccc(C#Cc2cc(CN3CCN(Cc4cc(C)cc(P(C)(C)=O)n4)CCN(Cc4cc(C)cc(P(C)(=O)OCC)n4)CC3)nc(P(C)(=O)OCC)c2)cc1N(CC)CC. The van der Waals surface area contributed by atoms with E-state index in [1.165, 1.54) is 0 Å². The van der Waals surface area contributed by atoms with Gasteiger partial charge in [-0.25, -0.2) is 15.0 Å². The molecule has 1 aliphatic heterocycles. The number of pyridine rings is 3. The first-order valence-corrected chi connectivity index (χ1v) is 30.3. The first kappa shape index (κ1) is 53.3. The third-order valence-corrected chi connectivity index (χ3v) is 16.5. The zero-order valence-electron chi connectivity index (χ0n) is 41.4. The van der Waals surface area contributed by atoms with Gasteiger partial charge in [0, 0.05) is 96.4 Å². The fourth-order valence-electron chi connectivity index (χ4n) is 7.99. The van der Waals surface area contributed by atoms with Crippen molar-refractivity contribution in [3.63, 3.8) is 0 Å². The van der Waals surface area contributed by atoms with E-state index in [2.05, 4.69) is 70.4 Å². The van der Waals surface area contributed by atoms with Crippen LogP contribution in [0, 0.1) is 25.7 Å². The Morgan fingerprint density at radius 1 is 0.591 bits per heavy atom. The molecule has 0 spiro atoms. The van der Waals surface area contributed by atoms with E-state index in [1.54, 1.807) is 32.7 Å². The second-order valence-corrected chi connectivity index (χ2v) is 25.7. The molecule has 1 aromatic carbocycles. The van der Waals surface area contributed by atoms with Gasteiger partial charge in [-0.15, -0.1) is 0 Å². The number of benzene rings is 1. The van der Waals surface area contributed by atoms with Crippen LogP contribution in [0.15, 0.2) is 54.6 Å². The summed E-state index contributed by atoms with van der Waals surface area (Å²) in [5, 5.41) is 0. The van der Waals surface area contributed by atoms with E-state index in [0.29, 0.717) is 61.3 Å². The van der Waals surface area contributed by atoms with Crippen molar-refractivity contribution in [2.45, 2.75) is 80.9 Å². The number of rotatable bonds is 20. The van der Waals surface area contributed by atoms with Gasteiger partial charge in [0.2, 0.25) is 14.7 Å². The van der Waals surface area contributed by atoms with E-state index in [1.807, 2.05) is 58.0 Å². The Morgan fingerprint density at radius 2 is 1.05 bits per heavy atom. The summed E-state index contributed by atoms with van der Waals surface area (Å²) >= 11 is 0. The molecule has 0 amide bonds. The molecule has 1 saturated heterocycles. The second kappa shape index (κ2) is 24.6. The van der Waals surface area contributed by atoms with Crippen LogP contribution in [0.25, 0.3) is 0 Å². The van der Waals surface area contributed by atoms with E-state index >= 15 is 0 Å². The van der Waals surface area contributed by atoms with Crippen molar-refractivity contribution >= 4 is 43.9 Å². The van der Waals surface area contributed by atoms with Crippen LogP contribution in [-0.4, -0.2) is 128 Å². The molecule has 360 valence electrons. The molecule has 0 N–H and O–H groups in total. The van der Waals surface area contributed by atoms with Crippen LogP contribution < -0.4 is 25.9 Å². The maximum absolute atomic E-state index is 14.0. The molecule has 1 aliphatic rings. The first-order valence-electron chi connectivity index (χ1n) is 23.5. The van der Waals surface area contributed by atoms with Crippen molar-refractivity contribution in [3.05, 3.63) is 93.9 Å². The fourth-order valence-corrected chi connectivity index (χ4v) is 11.6. The summed E-state index contributed by atoms with van der Waals surface area (Å²) in [7, 11) is -8.91. The molecule has 3 aromatic heterocycles. The Hall–Kier alpha value is -3.68. The molecule has 0 bridgehead atoms. The largest absolute Gasteiger partial charge is 0.491 e. The normalized spacial score (nSPS) is 16.3. The van der Waals surface area contributed by atoms with Crippen molar-refractivity contribution in [1.29, 1.82) is 0 Å². The summed E-state index contributed by atoms with van der Waals surface area (Å²) in [6.07, 6.45) is 2.05. The summed E-state index contributed by atoms with van der Waals surface area (Å²) in [5.74, 6) is 7.64. The number of nitrogens with zero attached hydrogens (tertiary/aromatic N) is 7. The summed E-state index contributed by atoms with van der Waals surface area (Å²) in [4.78, 5) is 24.2. The molecule has 66 heavy (non-hydrogen) atoms. The van der Waals surface area contributed by atoms with Crippen LogP contribution in [0.1, 0.15) is 86.8 Å².